The van der Waals surface area contributed by atoms with Crippen molar-refractivity contribution in [3.8, 4) is 0 Å². The number of urea groups is 1. The summed E-state index contributed by atoms with van der Waals surface area (Å²) < 4.78 is 0. The Bertz CT molecular complexity index is 1050. The molecule has 0 aliphatic carbocycles. The normalized spacial score (nSPS) is 20.6. The first-order valence-corrected chi connectivity index (χ1v) is 14.7. The molecule has 7 heteroatoms. The Labute approximate surface area is 226 Å². The molecule has 2 aliphatic rings. The van der Waals surface area contributed by atoms with Crippen LogP contribution in [0.1, 0.15) is 57.2 Å². The van der Waals surface area contributed by atoms with Crippen molar-refractivity contribution in [3.05, 3.63) is 65.7 Å². The zero-order chi connectivity index (χ0) is 26.6. The predicted octanol–water partition coefficient (Wildman–Crippen LogP) is 5.24. The molecular weight excluding hydrogens is 480 g/mol. The number of likely N-dealkylation sites (tertiary alicyclic amines) is 1. The third-order valence-electron chi connectivity index (χ3n) is 8.03. The number of piperazine rings is 1. The number of nitrogens with zero attached hydrogens (tertiary/aromatic N) is 3. The molecule has 2 aromatic carbocycles. The Morgan fingerprint density at radius 3 is 2.14 bits per heavy atom. The van der Waals surface area contributed by atoms with Crippen LogP contribution in [-0.4, -0.2) is 71.7 Å². The van der Waals surface area contributed by atoms with E-state index in [1.165, 1.54) is 16.0 Å². The first-order chi connectivity index (χ1) is 17.7. The van der Waals surface area contributed by atoms with Crippen LogP contribution in [0.4, 0.5) is 4.79 Å². The quantitative estimate of drug-likeness (QED) is 0.527. The fourth-order valence-electron chi connectivity index (χ4n) is 5.84. The molecule has 6 nitrogen and oxygen atoms in total. The lowest BCUT2D eigenvalue weighted by atomic mass is 9.82. The Hall–Kier alpha value is -2.51. The summed E-state index contributed by atoms with van der Waals surface area (Å²) in [6.45, 7) is 10.4. The van der Waals surface area contributed by atoms with E-state index in [1.807, 2.05) is 0 Å². The number of hydrogen-bond acceptors (Lipinski definition) is 4. The molecule has 3 amide bonds. The third-order valence-corrected chi connectivity index (χ3v) is 8.78. The van der Waals surface area contributed by atoms with Crippen LogP contribution in [0.15, 0.2) is 59.5 Å². The number of hydrogen-bond donors (Lipinski definition) is 1. The van der Waals surface area contributed by atoms with Crippen LogP contribution in [0, 0.1) is 11.3 Å². The molecule has 0 radical (unpaired) electrons. The molecule has 1 unspecified atom stereocenters. The number of rotatable bonds is 6. The topological polar surface area (TPSA) is 69.9 Å². The van der Waals surface area contributed by atoms with Crippen LogP contribution < -0.4 is 5.73 Å². The van der Waals surface area contributed by atoms with E-state index in [-0.39, 0.29) is 29.4 Å². The smallest absolute Gasteiger partial charge is 0.314 e. The zero-order valence-electron chi connectivity index (χ0n) is 22.7. The summed E-state index contributed by atoms with van der Waals surface area (Å²) >= 11 is 1.76. The van der Waals surface area contributed by atoms with Gasteiger partial charge in [-0.05, 0) is 53.7 Å². The van der Waals surface area contributed by atoms with Crippen LogP contribution in [0.3, 0.4) is 0 Å². The fourth-order valence-corrected chi connectivity index (χ4v) is 6.24. The van der Waals surface area contributed by atoms with Gasteiger partial charge in [-0.15, -0.1) is 11.8 Å². The predicted molar refractivity (Wildman–Crippen MR) is 152 cm³/mol. The van der Waals surface area contributed by atoms with E-state index >= 15 is 0 Å². The van der Waals surface area contributed by atoms with E-state index in [1.54, 1.807) is 16.7 Å². The van der Waals surface area contributed by atoms with Crippen LogP contribution in [0.2, 0.25) is 0 Å². The molecule has 2 atom stereocenters. The second-order valence-corrected chi connectivity index (χ2v) is 12.4. The first-order valence-electron chi connectivity index (χ1n) is 13.4. The standard InChI is InChI=1S/C30H42N4O2S/c1-30(2,3)26-21-33(18-19-34(26)27(35)20-22-14-16-32(17-15-22)29(31)36)28(23-8-6-5-7-9-23)24-10-12-25(37-4)13-11-24/h5-13,22,26,28H,14-21H2,1-4H3,(H2,31,36)/t26-,28?/m1/s1. The summed E-state index contributed by atoms with van der Waals surface area (Å²) in [7, 11) is 0. The second kappa shape index (κ2) is 11.9. The summed E-state index contributed by atoms with van der Waals surface area (Å²) in [5.41, 5.74) is 7.97. The molecule has 0 bridgehead atoms. The van der Waals surface area contributed by atoms with Gasteiger partial charge in [0.05, 0.1) is 6.04 Å². The van der Waals surface area contributed by atoms with Gasteiger partial charge in [0.15, 0.2) is 0 Å². The molecule has 0 aromatic heterocycles. The zero-order valence-corrected chi connectivity index (χ0v) is 23.5. The molecule has 0 saturated carbocycles. The van der Waals surface area contributed by atoms with Crippen molar-refractivity contribution in [3.63, 3.8) is 0 Å². The van der Waals surface area contributed by atoms with Gasteiger partial charge in [-0.1, -0.05) is 63.2 Å². The number of primary amides is 1. The average molecular weight is 523 g/mol. The maximum Gasteiger partial charge on any atom is 0.314 e. The van der Waals surface area contributed by atoms with Crippen molar-refractivity contribution >= 4 is 23.7 Å². The summed E-state index contributed by atoms with van der Waals surface area (Å²) in [5, 5.41) is 0. The molecule has 2 aromatic rings. The van der Waals surface area contributed by atoms with Crippen molar-refractivity contribution < 1.29 is 9.59 Å². The van der Waals surface area contributed by atoms with Crippen molar-refractivity contribution in [2.75, 3.05) is 39.0 Å². The van der Waals surface area contributed by atoms with Gasteiger partial charge in [-0.25, -0.2) is 4.79 Å². The van der Waals surface area contributed by atoms with E-state index < -0.39 is 0 Å². The minimum absolute atomic E-state index is 0.0480. The van der Waals surface area contributed by atoms with Crippen LogP contribution in [-0.2, 0) is 4.79 Å². The van der Waals surface area contributed by atoms with E-state index in [4.69, 9.17) is 5.73 Å². The van der Waals surface area contributed by atoms with Crippen LogP contribution >= 0.6 is 11.8 Å². The van der Waals surface area contributed by atoms with Crippen LogP contribution in [0.25, 0.3) is 0 Å². The summed E-state index contributed by atoms with van der Waals surface area (Å²) in [4.78, 5) is 32.8. The Balaban J connectivity index is 1.52. The van der Waals surface area contributed by atoms with Gasteiger partial charge in [0.2, 0.25) is 5.91 Å². The molecule has 200 valence electrons. The SMILES string of the molecule is CSc1ccc(C(c2ccccc2)N2CCN(C(=O)CC3CCN(C(N)=O)CC3)[C@@H](C(C)(C)C)C2)cc1. The monoisotopic (exact) mass is 522 g/mol. The largest absolute Gasteiger partial charge is 0.351 e. The number of benzene rings is 2. The van der Waals surface area contributed by atoms with Gasteiger partial charge in [0.1, 0.15) is 0 Å². The molecule has 2 saturated heterocycles. The lowest BCUT2D eigenvalue weighted by molar-refractivity contribution is -0.141. The lowest BCUT2D eigenvalue weighted by Gasteiger charge is -2.50. The van der Waals surface area contributed by atoms with E-state index in [0.29, 0.717) is 25.4 Å². The van der Waals surface area contributed by atoms with Gasteiger partial charge >= 0.3 is 6.03 Å². The molecule has 0 spiro atoms. The molecule has 4 rings (SSSR count). The van der Waals surface area contributed by atoms with Gasteiger partial charge in [-0.3, -0.25) is 9.69 Å². The van der Waals surface area contributed by atoms with Crippen LogP contribution in [0.5, 0.6) is 0 Å². The number of carbonyl (C=O) groups excluding carboxylic acids is 2. The summed E-state index contributed by atoms with van der Waals surface area (Å²) in [6, 6.07) is 19.6. The van der Waals surface area contributed by atoms with Crippen molar-refractivity contribution in [1.29, 1.82) is 0 Å². The van der Waals surface area contributed by atoms with Gasteiger partial charge in [0, 0.05) is 50.1 Å². The summed E-state index contributed by atoms with van der Waals surface area (Å²) in [6.07, 6.45) is 4.35. The van der Waals surface area contributed by atoms with Gasteiger partial charge in [0.25, 0.3) is 0 Å². The van der Waals surface area contributed by atoms with E-state index in [0.717, 1.165) is 32.5 Å². The minimum atomic E-state index is -0.357. The molecule has 37 heavy (non-hydrogen) atoms. The highest BCUT2D eigenvalue weighted by atomic mass is 32.2. The molecule has 2 aliphatic heterocycles. The van der Waals surface area contributed by atoms with Gasteiger partial charge < -0.3 is 15.5 Å². The average Bonchev–Trinajstić information content (AvgIpc) is 2.89. The number of piperidine rings is 1. The highest BCUT2D eigenvalue weighted by Gasteiger charge is 2.40. The Morgan fingerprint density at radius 2 is 1.57 bits per heavy atom. The second-order valence-electron chi connectivity index (χ2n) is 11.5. The first kappa shape index (κ1) is 27.5. The molecule has 2 fully saturated rings. The number of amides is 3. The number of thioether (sulfide) groups is 1. The van der Waals surface area contributed by atoms with Crippen molar-refractivity contribution in [1.82, 2.24) is 14.7 Å². The minimum Gasteiger partial charge on any atom is -0.351 e. The third kappa shape index (κ3) is 6.68. The van der Waals surface area contributed by atoms with Crippen molar-refractivity contribution in [2.45, 2.75) is 57.0 Å². The highest BCUT2D eigenvalue weighted by Crippen LogP contribution is 2.36. The Morgan fingerprint density at radius 1 is 0.946 bits per heavy atom. The van der Waals surface area contributed by atoms with E-state index in [9.17, 15) is 9.59 Å². The highest BCUT2D eigenvalue weighted by molar-refractivity contribution is 7.98. The number of carbonyl (C=O) groups is 2. The Kier molecular flexibility index (Phi) is 8.86. The van der Waals surface area contributed by atoms with Gasteiger partial charge in [-0.2, -0.15) is 0 Å². The number of nitrogens with two attached hydrogens (primary N) is 1. The molecule has 2 heterocycles. The van der Waals surface area contributed by atoms with Crippen molar-refractivity contribution in [2.24, 2.45) is 17.1 Å². The maximum absolute atomic E-state index is 13.6. The molecular formula is C30H42N4O2S. The van der Waals surface area contributed by atoms with E-state index in [2.05, 4.69) is 91.4 Å². The lowest BCUT2D eigenvalue weighted by Crippen LogP contribution is -2.60. The fraction of sp³-hybridized carbons (Fsp3) is 0.533. The molecule has 2 N–H and O–H groups in total. The summed E-state index contributed by atoms with van der Waals surface area (Å²) in [5.74, 6) is 0.562. The maximum atomic E-state index is 13.6.